The quantitative estimate of drug-likeness (QED) is 0.586. The summed E-state index contributed by atoms with van der Waals surface area (Å²) in [5.41, 5.74) is 0.280. The van der Waals surface area contributed by atoms with Crippen molar-refractivity contribution in [3.8, 4) is 0 Å². The Morgan fingerprint density at radius 1 is 1.38 bits per heavy atom. The molecular weight excluding hydrogens is 291 g/mol. The number of halogens is 3. The van der Waals surface area contributed by atoms with Gasteiger partial charge >= 0.3 is 3.93 Å². The highest BCUT2D eigenvalue weighted by Crippen LogP contribution is 2.36. The summed E-state index contributed by atoms with van der Waals surface area (Å²) in [6.07, 6.45) is 0. The predicted molar refractivity (Wildman–Crippen MR) is 53.1 cm³/mol. The van der Waals surface area contributed by atoms with Crippen molar-refractivity contribution < 1.29 is 13.3 Å². The van der Waals surface area contributed by atoms with Gasteiger partial charge in [0.25, 0.3) is 0 Å². The average molecular weight is 301 g/mol. The lowest BCUT2D eigenvalue weighted by atomic mass is 9.92. The van der Waals surface area contributed by atoms with Gasteiger partial charge in [0.05, 0.1) is 5.69 Å². The fourth-order valence-corrected chi connectivity index (χ4v) is 1.02. The van der Waals surface area contributed by atoms with Crippen molar-refractivity contribution in [3.05, 3.63) is 17.5 Å². The molecule has 0 aliphatic heterocycles. The molecule has 1 heterocycles. The maximum absolute atomic E-state index is 12.7. The lowest BCUT2D eigenvalue weighted by Crippen LogP contribution is -2.11. The molecule has 74 valence electrons. The minimum Gasteiger partial charge on any atom is -0.354 e. The van der Waals surface area contributed by atoms with Crippen LogP contribution in [0.5, 0.6) is 0 Å². The van der Waals surface area contributed by atoms with E-state index in [1.165, 1.54) is 6.07 Å². The van der Waals surface area contributed by atoms with Gasteiger partial charge < -0.3 is 4.52 Å². The van der Waals surface area contributed by atoms with E-state index in [-0.39, 0.29) is 5.41 Å². The largest absolute Gasteiger partial charge is 0.355 e. The van der Waals surface area contributed by atoms with Gasteiger partial charge in [-0.2, -0.15) is 8.78 Å². The third-order valence-electron chi connectivity index (χ3n) is 1.56. The van der Waals surface area contributed by atoms with Gasteiger partial charge in [0.2, 0.25) is 5.76 Å². The van der Waals surface area contributed by atoms with Gasteiger partial charge in [0.1, 0.15) is 0 Å². The molecule has 0 fully saturated rings. The van der Waals surface area contributed by atoms with Gasteiger partial charge in [-0.15, -0.1) is 0 Å². The van der Waals surface area contributed by atoms with Crippen molar-refractivity contribution in [2.75, 3.05) is 0 Å². The number of hydrogen-bond donors (Lipinski definition) is 0. The van der Waals surface area contributed by atoms with Crippen molar-refractivity contribution in [2.24, 2.45) is 0 Å². The first kappa shape index (κ1) is 10.9. The summed E-state index contributed by atoms with van der Waals surface area (Å²) in [7, 11) is 0. The van der Waals surface area contributed by atoms with Gasteiger partial charge in [-0.3, -0.25) is 0 Å². The van der Waals surface area contributed by atoms with Crippen LogP contribution in [0.25, 0.3) is 0 Å². The summed E-state index contributed by atoms with van der Waals surface area (Å²) in [5.74, 6) is -0.391. The van der Waals surface area contributed by atoms with Crippen LogP contribution in [-0.2, 0) is 9.34 Å². The lowest BCUT2D eigenvalue weighted by molar-refractivity contribution is 0.0901. The van der Waals surface area contributed by atoms with Gasteiger partial charge in [-0.1, -0.05) is 25.9 Å². The Balaban J connectivity index is 3.01. The molecule has 1 rings (SSSR count). The van der Waals surface area contributed by atoms with Gasteiger partial charge in [-0.05, 0) is 0 Å². The van der Waals surface area contributed by atoms with E-state index in [0.717, 1.165) is 22.6 Å². The number of hydrogen-bond acceptors (Lipinski definition) is 2. The van der Waals surface area contributed by atoms with Crippen LogP contribution in [0.15, 0.2) is 10.6 Å². The Bertz CT molecular complexity index is 269. The summed E-state index contributed by atoms with van der Waals surface area (Å²) in [6.45, 7) is 5.67. The van der Waals surface area contributed by atoms with E-state index in [1.807, 2.05) is 20.8 Å². The summed E-state index contributed by atoms with van der Waals surface area (Å²) in [5, 5.41) is 3.59. The molecular formula is C8H10F2INO. The van der Waals surface area contributed by atoms with Crippen LogP contribution < -0.4 is 0 Å². The molecule has 0 N–H and O–H groups in total. The van der Waals surface area contributed by atoms with E-state index in [2.05, 4.69) is 9.68 Å². The highest BCUT2D eigenvalue weighted by molar-refractivity contribution is 14.1. The first-order chi connectivity index (χ1) is 5.71. The van der Waals surface area contributed by atoms with E-state index in [9.17, 15) is 8.78 Å². The normalized spacial score (nSPS) is 13.4. The molecule has 0 saturated heterocycles. The van der Waals surface area contributed by atoms with Crippen LogP contribution in [-0.4, -0.2) is 5.16 Å². The zero-order valence-electron chi connectivity index (χ0n) is 7.57. The molecule has 0 radical (unpaired) electrons. The van der Waals surface area contributed by atoms with Crippen LogP contribution >= 0.6 is 22.6 Å². The van der Waals surface area contributed by atoms with Crippen molar-refractivity contribution in [2.45, 2.75) is 30.1 Å². The van der Waals surface area contributed by atoms with E-state index in [4.69, 9.17) is 0 Å². The van der Waals surface area contributed by atoms with Crippen molar-refractivity contribution >= 4 is 22.6 Å². The number of nitrogens with zero attached hydrogens (tertiary/aromatic N) is 1. The first-order valence-corrected chi connectivity index (χ1v) is 4.83. The Hall–Kier alpha value is -0.200. The van der Waals surface area contributed by atoms with Crippen molar-refractivity contribution in [1.29, 1.82) is 0 Å². The van der Waals surface area contributed by atoms with Crippen LogP contribution in [0.4, 0.5) is 8.78 Å². The number of aromatic nitrogens is 1. The average Bonchev–Trinajstić information content (AvgIpc) is 2.28. The van der Waals surface area contributed by atoms with Gasteiger partial charge in [-0.25, -0.2) is 0 Å². The fourth-order valence-electron chi connectivity index (χ4n) is 0.762. The molecule has 0 aliphatic rings. The monoisotopic (exact) mass is 301 g/mol. The molecule has 0 atom stereocenters. The SMILES string of the molecule is CC(C)(C)c1cc(C(F)(F)I)on1. The Morgan fingerprint density at radius 3 is 2.15 bits per heavy atom. The van der Waals surface area contributed by atoms with Crippen molar-refractivity contribution in [3.63, 3.8) is 0 Å². The van der Waals surface area contributed by atoms with E-state index >= 15 is 0 Å². The fraction of sp³-hybridized carbons (Fsp3) is 0.625. The minimum atomic E-state index is -2.98. The topological polar surface area (TPSA) is 26.0 Å². The zero-order chi connectivity index (χ0) is 10.3. The number of rotatable bonds is 1. The summed E-state index contributed by atoms with van der Waals surface area (Å²) >= 11 is 1.02. The highest BCUT2D eigenvalue weighted by atomic mass is 127. The van der Waals surface area contributed by atoms with E-state index in [0.29, 0.717) is 5.69 Å². The van der Waals surface area contributed by atoms with Gasteiger partial charge in [0.15, 0.2) is 0 Å². The Labute approximate surface area is 88.8 Å². The summed E-state index contributed by atoms with van der Waals surface area (Å²) in [4.78, 5) is 0. The molecule has 0 spiro atoms. The van der Waals surface area contributed by atoms with Crippen molar-refractivity contribution in [1.82, 2.24) is 5.16 Å². The number of alkyl halides is 3. The standard InChI is InChI=1S/C8H10F2INO/c1-7(2,3)5-4-6(13-12-5)8(9,10)11/h4H,1-3H3. The lowest BCUT2D eigenvalue weighted by Gasteiger charge is -2.12. The van der Waals surface area contributed by atoms with Crippen LogP contribution in [0.2, 0.25) is 0 Å². The molecule has 1 aromatic heterocycles. The maximum atomic E-state index is 12.7. The van der Waals surface area contributed by atoms with Crippen LogP contribution in [0.1, 0.15) is 32.2 Å². The molecule has 0 unspecified atom stereocenters. The molecule has 1 aromatic rings. The predicted octanol–water partition coefficient (Wildman–Crippen LogP) is 3.46. The molecule has 0 aliphatic carbocycles. The smallest absolute Gasteiger partial charge is 0.354 e. The molecule has 13 heavy (non-hydrogen) atoms. The third-order valence-corrected chi connectivity index (χ3v) is 2.09. The van der Waals surface area contributed by atoms with Crippen LogP contribution in [0, 0.1) is 0 Å². The molecule has 0 bridgehead atoms. The second kappa shape index (κ2) is 3.18. The molecule has 0 saturated carbocycles. The highest BCUT2D eigenvalue weighted by Gasteiger charge is 2.33. The zero-order valence-corrected chi connectivity index (χ0v) is 9.72. The molecule has 2 nitrogen and oxygen atoms in total. The second-order valence-corrected chi connectivity index (χ2v) is 5.18. The Kier molecular flexibility index (Phi) is 2.66. The molecule has 0 aromatic carbocycles. The second-order valence-electron chi connectivity index (χ2n) is 3.82. The minimum absolute atomic E-state index is 0.260. The van der Waals surface area contributed by atoms with Gasteiger partial charge in [0, 0.05) is 34.1 Å². The summed E-state index contributed by atoms with van der Waals surface area (Å²) in [6, 6.07) is 1.30. The first-order valence-electron chi connectivity index (χ1n) is 3.75. The molecule has 5 heteroatoms. The summed E-state index contributed by atoms with van der Waals surface area (Å²) < 4.78 is 27.0. The Morgan fingerprint density at radius 2 is 1.92 bits per heavy atom. The van der Waals surface area contributed by atoms with E-state index in [1.54, 1.807) is 0 Å². The maximum Gasteiger partial charge on any atom is 0.355 e. The third kappa shape index (κ3) is 2.62. The van der Waals surface area contributed by atoms with Crippen LogP contribution in [0.3, 0.4) is 0 Å². The molecule has 0 amide bonds. The van der Waals surface area contributed by atoms with E-state index < -0.39 is 9.69 Å².